The van der Waals surface area contributed by atoms with Crippen molar-refractivity contribution < 1.29 is 0 Å². The molecule has 576 valence electrons. The third kappa shape index (κ3) is 13.0. The maximum atomic E-state index is 3.87. The molecular formula is C117H91BrN2. The minimum absolute atomic E-state index is 0. The molecule has 0 saturated carbocycles. The molecule has 1 N–H and O–H groups in total. The van der Waals surface area contributed by atoms with Crippen LogP contribution in [-0.2, 0) is 21.7 Å². The molecule has 2 spiro atoms. The van der Waals surface area contributed by atoms with Crippen molar-refractivity contribution in [3.05, 3.63) is 520 Å². The molecule has 0 heterocycles. The van der Waals surface area contributed by atoms with E-state index in [1.165, 1.54) is 166 Å². The van der Waals surface area contributed by atoms with E-state index in [-0.39, 0.29) is 23.7 Å². The van der Waals surface area contributed by atoms with Crippen LogP contribution in [0.2, 0.25) is 0 Å². The van der Waals surface area contributed by atoms with Gasteiger partial charge in [-0.2, -0.15) is 0 Å². The molecular weight excluding hydrogens is 1510 g/mol. The zero-order chi connectivity index (χ0) is 80.2. The van der Waals surface area contributed by atoms with Gasteiger partial charge < -0.3 is 10.2 Å². The van der Waals surface area contributed by atoms with Gasteiger partial charge in [0, 0.05) is 49.2 Å². The fourth-order valence-corrected chi connectivity index (χ4v) is 20.4. The van der Waals surface area contributed by atoms with Crippen molar-refractivity contribution in [1.29, 1.82) is 0 Å². The number of nitrogens with zero attached hydrogens (tertiary/aromatic N) is 1. The Hall–Kier alpha value is -14.0. The van der Waals surface area contributed by atoms with Crippen LogP contribution in [0.5, 0.6) is 0 Å². The van der Waals surface area contributed by atoms with Gasteiger partial charge in [-0.25, -0.2) is 0 Å². The summed E-state index contributed by atoms with van der Waals surface area (Å²) in [5.41, 5.74) is 41.0. The Bertz CT molecular complexity index is 6650. The lowest BCUT2D eigenvalue weighted by Gasteiger charge is -2.46. The molecule has 18 aromatic carbocycles. The standard InChI is InChI=1S/C58H43N.C30H23N.C28H21Br.CH4/c1-57(2)50-22-11-13-24-52(50)58(53-25-14-12-23-51(53)57)49-21-10-9-20-48(49)56-54(58)26-15-27-55(56)59(46-36-32-44(33-37-46)41-18-7-4-8-19-41)47-38-34-45(35-39-47)43-30-28-42(29-31-43)40-16-5-3-6-17-40;1-3-7-23(8-4-1)25-11-13-26(14-12-25)28-17-21-30(22-18-28)31-29-19-15-27(16-20-29)24-9-5-2-6-10-24;1-27(2)20-12-5-7-14-22(20)28(23-15-8-6-13-21(23)27)19-11-4-3-10-18(19)26-24(28)16-9-17-25(26)29;/h3-39H,1-2H3;1-22,31H;3-17H,1-2H3;1H4. The van der Waals surface area contributed by atoms with Gasteiger partial charge in [-0.15, -0.1) is 0 Å². The molecule has 4 aliphatic rings. The van der Waals surface area contributed by atoms with E-state index < -0.39 is 5.41 Å². The summed E-state index contributed by atoms with van der Waals surface area (Å²) < 4.78 is 1.17. The van der Waals surface area contributed by atoms with Crippen molar-refractivity contribution in [1.82, 2.24) is 0 Å². The zero-order valence-electron chi connectivity index (χ0n) is 67.0. The zero-order valence-corrected chi connectivity index (χ0v) is 68.6. The van der Waals surface area contributed by atoms with Crippen molar-refractivity contribution in [2.75, 3.05) is 10.2 Å². The number of fused-ring (bicyclic) bond motifs is 18. The van der Waals surface area contributed by atoms with Gasteiger partial charge in [0.05, 0.1) is 16.5 Å². The van der Waals surface area contributed by atoms with Crippen LogP contribution in [0.3, 0.4) is 0 Å². The highest BCUT2D eigenvalue weighted by atomic mass is 79.9. The van der Waals surface area contributed by atoms with Gasteiger partial charge in [0.1, 0.15) is 0 Å². The van der Waals surface area contributed by atoms with Gasteiger partial charge in [0.2, 0.25) is 0 Å². The van der Waals surface area contributed by atoms with Crippen LogP contribution >= 0.6 is 15.9 Å². The average Bonchev–Trinajstić information content (AvgIpc) is 1.49. The van der Waals surface area contributed by atoms with Crippen molar-refractivity contribution in [2.45, 2.75) is 56.8 Å². The van der Waals surface area contributed by atoms with Gasteiger partial charge in [-0.05, 0) is 205 Å². The predicted octanol–water partition coefficient (Wildman–Crippen LogP) is 31.7. The second kappa shape index (κ2) is 31.5. The number of anilines is 5. The van der Waals surface area contributed by atoms with E-state index in [1.54, 1.807) is 0 Å². The molecule has 0 atom stereocenters. The smallest absolute Gasteiger partial charge is 0.0720 e. The number of halogens is 1. The van der Waals surface area contributed by atoms with E-state index in [0.29, 0.717) is 0 Å². The largest absolute Gasteiger partial charge is 0.356 e. The number of nitrogens with one attached hydrogen (secondary N) is 1. The van der Waals surface area contributed by atoms with E-state index in [1.807, 2.05) is 12.1 Å². The van der Waals surface area contributed by atoms with Crippen LogP contribution in [0, 0.1) is 0 Å². The van der Waals surface area contributed by atoms with Gasteiger partial charge in [0.25, 0.3) is 0 Å². The first-order valence-electron chi connectivity index (χ1n) is 41.4. The SMILES string of the molecule is C.CC1(C)c2ccccc2C2(c3ccccc3-c3c(Br)cccc32)c2ccccc21.CC1(C)c2ccccc2C2(c3ccccc3-c3c(N(c4ccc(-c5ccccc5)cc4)c4ccc(-c5ccc(-c6ccccc6)cc5)cc4)cccc32)c2ccccc21.c1ccc(-c2ccc(Nc3ccc(-c4ccc(-c5ccccc5)cc4)cc3)cc2)cc1. The van der Waals surface area contributed by atoms with Crippen LogP contribution < -0.4 is 10.2 Å². The second-order valence-electron chi connectivity index (χ2n) is 32.7. The normalized spacial score (nSPS) is 13.6. The molecule has 120 heavy (non-hydrogen) atoms. The number of benzene rings is 18. The molecule has 0 aromatic heterocycles. The minimum Gasteiger partial charge on any atom is -0.356 e. The van der Waals surface area contributed by atoms with Crippen molar-refractivity contribution in [3.8, 4) is 89.0 Å². The van der Waals surface area contributed by atoms with Crippen molar-refractivity contribution >= 4 is 44.4 Å². The van der Waals surface area contributed by atoms with E-state index in [4.69, 9.17) is 0 Å². The minimum atomic E-state index is -0.469. The molecule has 18 aromatic rings. The Morgan fingerprint density at radius 1 is 0.200 bits per heavy atom. The lowest BCUT2D eigenvalue weighted by atomic mass is 9.55. The second-order valence-corrected chi connectivity index (χ2v) is 33.6. The summed E-state index contributed by atoms with van der Waals surface area (Å²) >= 11 is 3.87. The Balaban J connectivity index is 0.000000131. The predicted molar refractivity (Wildman–Crippen MR) is 510 cm³/mol. The molecule has 0 aliphatic heterocycles. The average molecular weight is 1600 g/mol. The highest BCUT2D eigenvalue weighted by Crippen LogP contribution is 2.66. The lowest BCUT2D eigenvalue weighted by Crippen LogP contribution is -2.40. The van der Waals surface area contributed by atoms with Crippen LogP contribution in [0.4, 0.5) is 28.4 Å². The van der Waals surface area contributed by atoms with E-state index in [0.717, 1.165) is 22.7 Å². The molecule has 4 aliphatic carbocycles. The molecule has 0 bridgehead atoms. The van der Waals surface area contributed by atoms with Crippen LogP contribution in [-0.4, -0.2) is 0 Å². The lowest BCUT2D eigenvalue weighted by molar-refractivity contribution is 0.563. The van der Waals surface area contributed by atoms with E-state index in [9.17, 15) is 0 Å². The fourth-order valence-electron chi connectivity index (χ4n) is 19.9. The van der Waals surface area contributed by atoms with Gasteiger partial charge in [0.15, 0.2) is 0 Å². The summed E-state index contributed by atoms with van der Waals surface area (Å²) in [6.45, 7) is 9.50. The third-order valence-electron chi connectivity index (χ3n) is 25.5. The quantitative estimate of drug-likeness (QED) is 0.139. The summed E-state index contributed by atoms with van der Waals surface area (Å²) in [6.07, 6.45) is 0. The highest BCUT2D eigenvalue weighted by Gasteiger charge is 2.55. The van der Waals surface area contributed by atoms with Crippen LogP contribution in [0.15, 0.2) is 453 Å². The van der Waals surface area contributed by atoms with Gasteiger partial charge in [-0.1, -0.05) is 439 Å². The first-order valence-corrected chi connectivity index (χ1v) is 42.2. The topological polar surface area (TPSA) is 15.3 Å². The Labute approximate surface area is 715 Å². The summed E-state index contributed by atoms with van der Waals surface area (Å²) in [4.78, 5) is 2.47. The number of hydrogen-bond donors (Lipinski definition) is 1. The third-order valence-corrected chi connectivity index (χ3v) is 26.2. The van der Waals surface area contributed by atoms with Crippen molar-refractivity contribution in [3.63, 3.8) is 0 Å². The summed E-state index contributed by atoms with van der Waals surface area (Å²) in [7, 11) is 0. The van der Waals surface area contributed by atoms with E-state index >= 15 is 0 Å². The van der Waals surface area contributed by atoms with E-state index in [2.05, 4.69) is 491 Å². The maximum Gasteiger partial charge on any atom is 0.0720 e. The number of rotatable bonds is 11. The van der Waals surface area contributed by atoms with Crippen LogP contribution in [0.1, 0.15) is 102 Å². The summed E-state index contributed by atoms with van der Waals surface area (Å²) in [6, 6.07) is 163. The molecule has 3 heteroatoms. The molecule has 22 rings (SSSR count). The Morgan fingerprint density at radius 2 is 0.425 bits per heavy atom. The molecule has 0 saturated heterocycles. The highest BCUT2D eigenvalue weighted by molar-refractivity contribution is 9.10. The first-order chi connectivity index (χ1) is 58.5. The molecule has 0 amide bonds. The van der Waals surface area contributed by atoms with Crippen molar-refractivity contribution in [2.24, 2.45) is 0 Å². The molecule has 2 nitrogen and oxygen atoms in total. The molecule has 0 unspecified atom stereocenters. The Kier molecular flexibility index (Phi) is 19.9. The molecule has 0 fully saturated rings. The summed E-state index contributed by atoms with van der Waals surface area (Å²) in [5, 5.41) is 3.49. The monoisotopic (exact) mass is 1600 g/mol. The molecule has 0 radical (unpaired) electrons. The van der Waals surface area contributed by atoms with Gasteiger partial charge >= 0.3 is 0 Å². The van der Waals surface area contributed by atoms with Gasteiger partial charge in [-0.3, -0.25) is 0 Å². The van der Waals surface area contributed by atoms with Crippen LogP contribution in [0.25, 0.3) is 89.0 Å². The number of hydrogen-bond acceptors (Lipinski definition) is 2. The fraction of sp³-hybridized carbons (Fsp3) is 0.0769. The summed E-state index contributed by atoms with van der Waals surface area (Å²) in [5.74, 6) is 0. The maximum absolute atomic E-state index is 3.87. The Morgan fingerprint density at radius 3 is 0.742 bits per heavy atom. The first kappa shape index (κ1) is 76.0.